The van der Waals surface area contributed by atoms with Crippen LogP contribution in [0.3, 0.4) is 0 Å². The van der Waals surface area contributed by atoms with Crippen LogP contribution in [-0.2, 0) is 9.53 Å². The summed E-state index contributed by atoms with van der Waals surface area (Å²) in [4.78, 5) is 12.8. The molecule has 84 valence electrons. The molecule has 0 aromatic carbocycles. The smallest absolute Gasteiger partial charge is 0.235 e. The minimum atomic E-state index is -0.587. The van der Waals surface area contributed by atoms with Crippen LogP contribution in [0.5, 0.6) is 0 Å². The molecule has 1 unspecified atom stereocenters. The maximum atomic E-state index is 10.7. The van der Waals surface area contributed by atoms with E-state index in [1.165, 1.54) is 0 Å². The standard InChI is InChI=1S/C9H21N3O2/c1-3-12(5-6-14-4-2)7-8(10)9(11)13/h8H,3-7,10H2,1-2H3,(H2,11,13). The van der Waals surface area contributed by atoms with E-state index in [2.05, 4.69) is 0 Å². The lowest BCUT2D eigenvalue weighted by atomic mass is 10.2. The molecule has 0 bridgehead atoms. The Hall–Kier alpha value is -0.650. The third kappa shape index (κ3) is 5.90. The summed E-state index contributed by atoms with van der Waals surface area (Å²) in [7, 11) is 0. The first-order valence-corrected chi connectivity index (χ1v) is 4.96. The molecule has 0 aromatic heterocycles. The number of amides is 1. The summed E-state index contributed by atoms with van der Waals surface area (Å²) < 4.78 is 5.21. The molecule has 0 aromatic rings. The molecule has 0 saturated heterocycles. The number of nitrogens with zero attached hydrogens (tertiary/aromatic N) is 1. The SMILES string of the molecule is CCOCCN(CC)CC(N)C(N)=O. The van der Waals surface area contributed by atoms with Crippen LogP contribution in [0.25, 0.3) is 0 Å². The minimum absolute atomic E-state index is 0.458. The van der Waals surface area contributed by atoms with E-state index < -0.39 is 11.9 Å². The van der Waals surface area contributed by atoms with Gasteiger partial charge in [0.2, 0.25) is 5.91 Å². The molecule has 0 radical (unpaired) electrons. The van der Waals surface area contributed by atoms with E-state index in [0.29, 0.717) is 19.8 Å². The molecule has 4 N–H and O–H groups in total. The van der Waals surface area contributed by atoms with Crippen LogP contribution in [0.15, 0.2) is 0 Å². The zero-order chi connectivity index (χ0) is 11.0. The normalized spacial score (nSPS) is 13.1. The molecule has 5 nitrogen and oxygen atoms in total. The van der Waals surface area contributed by atoms with Gasteiger partial charge in [-0.25, -0.2) is 0 Å². The van der Waals surface area contributed by atoms with Gasteiger partial charge < -0.3 is 16.2 Å². The highest BCUT2D eigenvalue weighted by Gasteiger charge is 2.13. The van der Waals surface area contributed by atoms with Crippen LogP contribution < -0.4 is 11.5 Å². The summed E-state index contributed by atoms with van der Waals surface area (Å²) in [5.74, 6) is -0.458. The first-order valence-electron chi connectivity index (χ1n) is 4.96. The second kappa shape index (κ2) is 7.73. The number of hydrogen-bond acceptors (Lipinski definition) is 4. The van der Waals surface area contributed by atoms with Crippen molar-refractivity contribution in [3.63, 3.8) is 0 Å². The number of hydrogen-bond donors (Lipinski definition) is 2. The molecule has 0 fully saturated rings. The lowest BCUT2D eigenvalue weighted by Gasteiger charge is -2.22. The van der Waals surface area contributed by atoms with Gasteiger partial charge in [-0.2, -0.15) is 0 Å². The molecule has 1 amide bonds. The van der Waals surface area contributed by atoms with Crippen molar-refractivity contribution >= 4 is 5.91 Å². The fraction of sp³-hybridized carbons (Fsp3) is 0.889. The van der Waals surface area contributed by atoms with Crippen LogP contribution in [-0.4, -0.2) is 49.7 Å². The Bertz CT molecular complexity index is 164. The minimum Gasteiger partial charge on any atom is -0.380 e. The van der Waals surface area contributed by atoms with E-state index in [9.17, 15) is 4.79 Å². The van der Waals surface area contributed by atoms with Gasteiger partial charge >= 0.3 is 0 Å². The van der Waals surface area contributed by atoms with Crippen molar-refractivity contribution < 1.29 is 9.53 Å². The lowest BCUT2D eigenvalue weighted by Crippen LogP contribution is -2.46. The van der Waals surface area contributed by atoms with E-state index in [1.54, 1.807) is 0 Å². The quantitative estimate of drug-likeness (QED) is 0.504. The van der Waals surface area contributed by atoms with Crippen LogP contribution in [0.4, 0.5) is 0 Å². The zero-order valence-corrected chi connectivity index (χ0v) is 9.03. The molecule has 0 aliphatic carbocycles. The van der Waals surface area contributed by atoms with Crippen molar-refractivity contribution in [2.75, 3.05) is 32.8 Å². The largest absolute Gasteiger partial charge is 0.380 e. The van der Waals surface area contributed by atoms with Crippen LogP contribution in [0.1, 0.15) is 13.8 Å². The summed E-state index contributed by atoms with van der Waals surface area (Å²) >= 11 is 0. The molecule has 0 heterocycles. The van der Waals surface area contributed by atoms with Gasteiger partial charge in [-0.3, -0.25) is 9.69 Å². The Labute approximate surface area is 85.4 Å². The predicted octanol–water partition coefficient (Wildman–Crippen LogP) is -0.843. The van der Waals surface area contributed by atoms with Gasteiger partial charge in [0.1, 0.15) is 0 Å². The molecule has 0 aliphatic heterocycles. The summed E-state index contributed by atoms with van der Waals surface area (Å²) in [6.07, 6.45) is 0. The van der Waals surface area contributed by atoms with Crippen molar-refractivity contribution in [2.45, 2.75) is 19.9 Å². The second-order valence-corrected chi connectivity index (χ2v) is 3.10. The van der Waals surface area contributed by atoms with Gasteiger partial charge in [0.25, 0.3) is 0 Å². The number of ether oxygens (including phenoxy) is 1. The highest BCUT2D eigenvalue weighted by Crippen LogP contribution is 1.90. The first-order chi connectivity index (χ1) is 6.61. The molecule has 5 heteroatoms. The van der Waals surface area contributed by atoms with Crippen LogP contribution in [0.2, 0.25) is 0 Å². The molecular formula is C9H21N3O2. The summed E-state index contributed by atoms with van der Waals surface area (Å²) in [5, 5.41) is 0. The number of rotatable bonds is 8. The molecule has 1 atom stereocenters. The van der Waals surface area contributed by atoms with Gasteiger partial charge in [-0.05, 0) is 13.5 Å². The Morgan fingerprint density at radius 3 is 2.57 bits per heavy atom. The average molecular weight is 203 g/mol. The van der Waals surface area contributed by atoms with Crippen molar-refractivity contribution in [2.24, 2.45) is 11.5 Å². The number of primary amides is 1. The summed E-state index contributed by atoms with van der Waals surface area (Å²) in [5.41, 5.74) is 10.6. The van der Waals surface area contributed by atoms with Gasteiger partial charge in [0.15, 0.2) is 0 Å². The van der Waals surface area contributed by atoms with E-state index in [0.717, 1.165) is 13.1 Å². The summed E-state index contributed by atoms with van der Waals surface area (Å²) in [6.45, 7) is 7.46. The molecule has 0 aliphatic rings. The number of carbonyl (C=O) groups is 1. The molecule has 0 spiro atoms. The maximum Gasteiger partial charge on any atom is 0.235 e. The third-order valence-electron chi connectivity index (χ3n) is 2.02. The Balaban J connectivity index is 3.72. The molecule has 0 saturated carbocycles. The number of likely N-dealkylation sites (N-methyl/N-ethyl adjacent to an activating group) is 1. The maximum absolute atomic E-state index is 10.7. The van der Waals surface area contributed by atoms with Crippen molar-refractivity contribution in [3.8, 4) is 0 Å². The molecule has 14 heavy (non-hydrogen) atoms. The van der Waals surface area contributed by atoms with Gasteiger partial charge in [0, 0.05) is 19.7 Å². The zero-order valence-electron chi connectivity index (χ0n) is 9.03. The fourth-order valence-electron chi connectivity index (χ4n) is 1.08. The van der Waals surface area contributed by atoms with Crippen molar-refractivity contribution in [3.05, 3.63) is 0 Å². The van der Waals surface area contributed by atoms with Crippen molar-refractivity contribution in [1.29, 1.82) is 0 Å². The molecular weight excluding hydrogens is 182 g/mol. The van der Waals surface area contributed by atoms with Gasteiger partial charge in [0.05, 0.1) is 12.6 Å². The fourth-order valence-corrected chi connectivity index (χ4v) is 1.08. The van der Waals surface area contributed by atoms with E-state index in [4.69, 9.17) is 16.2 Å². The Morgan fingerprint density at radius 2 is 2.14 bits per heavy atom. The van der Waals surface area contributed by atoms with Crippen LogP contribution in [0, 0.1) is 0 Å². The topological polar surface area (TPSA) is 81.6 Å². The van der Waals surface area contributed by atoms with E-state index in [-0.39, 0.29) is 0 Å². The van der Waals surface area contributed by atoms with E-state index in [1.807, 2.05) is 18.7 Å². The van der Waals surface area contributed by atoms with Crippen LogP contribution >= 0.6 is 0 Å². The van der Waals surface area contributed by atoms with Crippen molar-refractivity contribution in [1.82, 2.24) is 4.90 Å². The lowest BCUT2D eigenvalue weighted by molar-refractivity contribution is -0.119. The highest BCUT2D eigenvalue weighted by molar-refractivity contribution is 5.79. The average Bonchev–Trinajstić information content (AvgIpc) is 2.16. The van der Waals surface area contributed by atoms with Gasteiger partial charge in [-0.1, -0.05) is 6.92 Å². The highest BCUT2D eigenvalue weighted by atomic mass is 16.5. The van der Waals surface area contributed by atoms with E-state index >= 15 is 0 Å². The van der Waals surface area contributed by atoms with Gasteiger partial charge in [-0.15, -0.1) is 0 Å². The number of carbonyl (C=O) groups excluding carboxylic acids is 1. The monoisotopic (exact) mass is 203 g/mol. The summed E-state index contributed by atoms with van der Waals surface area (Å²) in [6, 6.07) is -0.587. The Morgan fingerprint density at radius 1 is 1.50 bits per heavy atom. The third-order valence-corrected chi connectivity index (χ3v) is 2.02. The molecule has 0 rings (SSSR count). The predicted molar refractivity (Wildman–Crippen MR) is 55.8 cm³/mol. The Kier molecular flexibility index (Phi) is 7.37. The number of nitrogens with two attached hydrogens (primary N) is 2. The second-order valence-electron chi connectivity index (χ2n) is 3.10. The first kappa shape index (κ1) is 13.4.